The first-order chi connectivity index (χ1) is 11.0. The Balaban J connectivity index is 2.40. The number of carbonyl (C=O) groups is 4. The minimum Gasteiger partial charge on any atom is -0.296 e. The van der Waals surface area contributed by atoms with E-state index < -0.39 is 29.3 Å². The number of rotatable bonds is 5. The topological polar surface area (TPSA) is 80.3 Å². The zero-order valence-corrected chi connectivity index (χ0v) is 12.5. The standard InChI is InChI=1S/C18H15NO4/c1-12(20)19-18(23)15(16(21)13-8-4-2-5-9-13)17(22)14-10-6-3-7-11-14/h2-11,15H,1H3,(H,19,20,23). The fraction of sp³-hybridized carbons (Fsp3) is 0.111. The van der Waals surface area contributed by atoms with Gasteiger partial charge in [0.25, 0.3) is 0 Å². The third-order valence-corrected chi connectivity index (χ3v) is 3.20. The molecule has 0 saturated heterocycles. The van der Waals surface area contributed by atoms with E-state index in [0.29, 0.717) is 0 Å². The molecule has 0 bridgehead atoms. The highest BCUT2D eigenvalue weighted by Crippen LogP contribution is 2.16. The Morgan fingerprint density at radius 3 is 1.48 bits per heavy atom. The third-order valence-electron chi connectivity index (χ3n) is 3.20. The largest absolute Gasteiger partial charge is 0.296 e. The van der Waals surface area contributed by atoms with Gasteiger partial charge in [0.2, 0.25) is 11.8 Å². The van der Waals surface area contributed by atoms with Crippen molar-refractivity contribution in [3.8, 4) is 0 Å². The number of Topliss-reactive ketones (excluding diaryl/α,β-unsaturated/α-hetero) is 2. The zero-order chi connectivity index (χ0) is 16.8. The van der Waals surface area contributed by atoms with Crippen LogP contribution in [0.25, 0.3) is 0 Å². The number of hydrogen-bond acceptors (Lipinski definition) is 4. The Bertz CT molecular complexity index is 687. The third kappa shape index (κ3) is 3.97. The zero-order valence-electron chi connectivity index (χ0n) is 12.5. The lowest BCUT2D eigenvalue weighted by molar-refractivity contribution is -0.129. The fourth-order valence-electron chi connectivity index (χ4n) is 2.14. The minimum atomic E-state index is -1.59. The molecule has 2 amide bonds. The molecule has 0 fully saturated rings. The van der Waals surface area contributed by atoms with Crippen molar-refractivity contribution in [2.45, 2.75) is 6.92 Å². The van der Waals surface area contributed by atoms with Crippen molar-refractivity contribution in [3.63, 3.8) is 0 Å². The van der Waals surface area contributed by atoms with Gasteiger partial charge in [0.05, 0.1) is 0 Å². The van der Waals surface area contributed by atoms with Crippen molar-refractivity contribution in [3.05, 3.63) is 71.8 Å². The van der Waals surface area contributed by atoms with E-state index in [1.54, 1.807) is 36.4 Å². The van der Waals surface area contributed by atoms with Gasteiger partial charge >= 0.3 is 0 Å². The van der Waals surface area contributed by atoms with Crippen LogP contribution in [0.3, 0.4) is 0 Å². The predicted molar refractivity (Wildman–Crippen MR) is 83.9 cm³/mol. The second-order valence-electron chi connectivity index (χ2n) is 4.94. The first kappa shape index (κ1) is 16.3. The molecule has 0 aliphatic heterocycles. The van der Waals surface area contributed by atoms with Crippen molar-refractivity contribution in [1.82, 2.24) is 5.32 Å². The summed E-state index contributed by atoms with van der Waals surface area (Å²) in [5, 5.41) is 2.02. The highest BCUT2D eigenvalue weighted by atomic mass is 16.2. The van der Waals surface area contributed by atoms with Crippen molar-refractivity contribution >= 4 is 23.4 Å². The maximum Gasteiger partial charge on any atom is 0.245 e. The molecule has 5 nitrogen and oxygen atoms in total. The summed E-state index contributed by atoms with van der Waals surface area (Å²) < 4.78 is 0. The molecule has 1 N–H and O–H groups in total. The average molecular weight is 309 g/mol. The quantitative estimate of drug-likeness (QED) is 0.677. The monoisotopic (exact) mass is 309 g/mol. The molecular weight excluding hydrogens is 294 g/mol. The van der Waals surface area contributed by atoms with E-state index in [1.165, 1.54) is 24.3 Å². The molecule has 0 heterocycles. The van der Waals surface area contributed by atoms with E-state index in [0.717, 1.165) is 6.92 Å². The van der Waals surface area contributed by atoms with E-state index in [9.17, 15) is 19.2 Å². The number of hydrogen-bond donors (Lipinski definition) is 1. The summed E-state index contributed by atoms with van der Waals surface area (Å²) in [5.41, 5.74) is 0.473. The number of imide groups is 1. The first-order valence-electron chi connectivity index (χ1n) is 7.00. The lowest BCUT2D eigenvalue weighted by Crippen LogP contribution is -2.42. The van der Waals surface area contributed by atoms with Gasteiger partial charge in [-0.3, -0.25) is 24.5 Å². The van der Waals surface area contributed by atoms with Crippen LogP contribution in [0.4, 0.5) is 0 Å². The molecule has 0 spiro atoms. The normalized spacial score (nSPS) is 10.2. The van der Waals surface area contributed by atoms with Crippen molar-refractivity contribution in [2.24, 2.45) is 5.92 Å². The molecule has 0 saturated carbocycles. The Hall–Kier alpha value is -3.08. The summed E-state index contributed by atoms with van der Waals surface area (Å²) in [6.45, 7) is 1.15. The van der Waals surface area contributed by atoms with Gasteiger partial charge in [-0.1, -0.05) is 60.7 Å². The lowest BCUT2D eigenvalue weighted by atomic mass is 9.89. The maximum absolute atomic E-state index is 12.6. The Morgan fingerprint density at radius 1 is 0.739 bits per heavy atom. The van der Waals surface area contributed by atoms with Crippen molar-refractivity contribution in [1.29, 1.82) is 0 Å². The molecule has 0 atom stereocenters. The van der Waals surface area contributed by atoms with Crippen LogP contribution in [-0.4, -0.2) is 23.4 Å². The molecule has 2 aromatic rings. The Labute approximate surface area is 133 Å². The lowest BCUT2D eigenvalue weighted by Gasteiger charge is -2.14. The summed E-state index contributed by atoms with van der Waals surface area (Å²) in [6, 6.07) is 16.1. The van der Waals surface area contributed by atoms with Gasteiger partial charge in [0.1, 0.15) is 0 Å². The average Bonchev–Trinajstić information content (AvgIpc) is 2.55. The van der Waals surface area contributed by atoms with Crippen LogP contribution in [-0.2, 0) is 9.59 Å². The summed E-state index contributed by atoms with van der Waals surface area (Å²) in [4.78, 5) is 48.5. The highest BCUT2D eigenvalue weighted by Gasteiger charge is 2.35. The van der Waals surface area contributed by atoms with Gasteiger partial charge in [-0.2, -0.15) is 0 Å². The van der Waals surface area contributed by atoms with Crippen LogP contribution < -0.4 is 5.32 Å². The van der Waals surface area contributed by atoms with Crippen LogP contribution >= 0.6 is 0 Å². The summed E-state index contributed by atoms with van der Waals surface area (Å²) in [6.07, 6.45) is 0. The van der Waals surface area contributed by atoms with Gasteiger partial charge in [0.15, 0.2) is 17.5 Å². The molecule has 2 rings (SSSR count). The number of benzene rings is 2. The van der Waals surface area contributed by atoms with Crippen LogP contribution in [0.5, 0.6) is 0 Å². The molecule has 116 valence electrons. The molecule has 0 unspecified atom stereocenters. The summed E-state index contributed by atoms with van der Waals surface area (Å²) >= 11 is 0. The van der Waals surface area contributed by atoms with Gasteiger partial charge in [-0.05, 0) is 0 Å². The predicted octanol–water partition coefficient (Wildman–Crippen LogP) is 2.03. The Morgan fingerprint density at radius 2 is 1.13 bits per heavy atom. The number of nitrogens with one attached hydrogen (secondary N) is 1. The molecule has 5 heteroatoms. The molecule has 23 heavy (non-hydrogen) atoms. The van der Waals surface area contributed by atoms with E-state index in [2.05, 4.69) is 0 Å². The maximum atomic E-state index is 12.6. The molecular formula is C18H15NO4. The smallest absolute Gasteiger partial charge is 0.245 e. The highest BCUT2D eigenvalue weighted by molar-refractivity contribution is 6.28. The molecule has 0 aliphatic rings. The van der Waals surface area contributed by atoms with E-state index in [1.807, 2.05) is 5.32 Å². The van der Waals surface area contributed by atoms with Crippen LogP contribution in [0.15, 0.2) is 60.7 Å². The van der Waals surface area contributed by atoms with E-state index in [4.69, 9.17) is 0 Å². The van der Waals surface area contributed by atoms with E-state index >= 15 is 0 Å². The summed E-state index contributed by atoms with van der Waals surface area (Å²) in [7, 11) is 0. The van der Waals surface area contributed by atoms with Crippen LogP contribution in [0, 0.1) is 5.92 Å². The second kappa shape index (κ2) is 7.26. The molecule has 0 radical (unpaired) electrons. The number of ketones is 2. The molecule has 2 aromatic carbocycles. The van der Waals surface area contributed by atoms with E-state index in [-0.39, 0.29) is 11.1 Å². The van der Waals surface area contributed by atoms with Gasteiger partial charge < -0.3 is 0 Å². The van der Waals surface area contributed by atoms with Crippen molar-refractivity contribution < 1.29 is 19.2 Å². The van der Waals surface area contributed by atoms with Crippen LogP contribution in [0.2, 0.25) is 0 Å². The first-order valence-corrected chi connectivity index (χ1v) is 7.00. The van der Waals surface area contributed by atoms with Gasteiger partial charge in [0, 0.05) is 18.1 Å². The SMILES string of the molecule is CC(=O)NC(=O)C(C(=O)c1ccccc1)C(=O)c1ccccc1. The van der Waals surface area contributed by atoms with Crippen molar-refractivity contribution in [2.75, 3.05) is 0 Å². The molecule has 0 aliphatic carbocycles. The minimum absolute atomic E-state index is 0.237. The van der Waals surface area contributed by atoms with Gasteiger partial charge in [-0.25, -0.2) is 0 Å². The number of carbonyl (C=O) groups excluding carboxylic acids is 4. The number of amides is 2. The van der Waals surface area contributed by atoms with Gasteiger partial charge in [-0.15, -0.1) is 0 Å². The molecule has 0 aromatic heterocycles. The Kier molecular flexibility index (Phi) is 5.15. The van der Waals surface area contributed by atoms with Crippen LogP contribution in [0.1, 0.15) is 27.6 Å². The second-order valence-corrected chi connectivity index (χ2v) is 4.94. The summed E-state index contributed by atoms with van der Waals surface area (Å²) in [5.74, 6) is -4.41. The fourth-order valence-corrected chi connectivity index (χ4v) is 2.14.